The van der Waals surface area contributed by atoms with E-state index in [1.807, 2.05) is 7.05 Å². The second-order valence-corrected chi connectivity index (χ2v) is 7.11. The van der Waals surface area contributed by atoms with E-state index in [9.17, 15) is 8.42 Å². The SMILES string of the molecule is Cc1[nH]nc(CO)c1S(=O)(=O)NCC1CCCN(C)C1. The molecule has 1 atom stereocenters. The van der Waals surface area contributed by atoms with Gasteiger partial charge in [-0.25, -0.2) is 13.1 Å². The number of nitrogens with one attached hydrogen (secondary N) is 2. The Labute approximate surface area is 119 Å². The summed E-state index contributed by atoms with van der Waals surface area (Å²) in [6, 6.07) is 0. The van der Waals surface area contributed by atoms with Crippen LogP contribution < -0.4 is 4.72 Å². The highest BCUT2D eigenvalue weighted by Crippen LogP contribution is 2.19. The van der Waals surface area contributed by atoms with Crippen LogP contribution in [0.25, 0.3) is 0 Å². The standard InChI is InChI=1S/C12H22N4O3S/c1-9-12(11(8-17)15-14-9)20(18,19)13-6-10-4-3-5-16(2)7-10/h10,13,17H,3-8H2,1-2H3,(H,14,15). The summed E-state index contributed by atoms with van der Waals surface area (Å²) in [5.41, 5.74) is 0.609. The second-order valence-electron chi connectivity index (χ2n) is 5.40. The number of aliphatic hydroxyl groups excluding tert-OH is 1. The second kappa shape index (κ2) is 6.21. The van der Waals surface area contributed by atoms with Crippen LogP contribution in [0.15, 0.2) is 4.90 Å². The number of sulfonamides is 1. The molecule has 2 heterocycles. The normalized spacial score (nSPS) is 21.2. The number of hydrogen-bond donors (Lipinski definition) is 3. The molecule has 1 unspecified atom stereocenters. The van der Waals surface area contributed by atoms with Crippen LogP contribution in [0.1, 0.15) is 24.2 Å². The molecule has 1 saturated heterocycles. The monoisotopic (exact) mass is 302 g/mol. The van der Waals surface area contributed by atoms with Crippen molar-refractivity contribution in [2.75, 3.05) is 26.7 Å². The van der Waals surface area contributed by atoms with E-state index in [1.54, 1.807) is 6.92 Å². The summed E-state index contributed by atoms with van der Waals surface area (Å²) < 4.78 is 27.3. The lowest BCUT2D eigenvalue weighted by Gasteiger charge is -2.29. The molecule has 8 heteroatoms. The van der Waals surface area contributed by atoms with Gasteiger partial charge in [0.15, 0.2) is 0 Å². The van der Waals surface area contributed by atoms with Crippen molar-refractivity contribution in [1.29, 1.82) is 0 Å². The van der Waals surface area contributed by atoms with Crippen LogP contribution in [-0.2, 0) is 16.6 Å². The van der Waals surface area contributed by atoms with Gasteiger partial charge in [-0.15, -0.1) is 0 Å². The fourth-order valence-corrected chi connectivity index (χ4v) is 4.14. The summed E-state index contributed by atoms with van der Waals surface area (Å²) in [6.45, 7) is 3.63. The number of rotatable bonds is 5. The van der Waals surface area contributed by atoms with Gasteiger partial charge >= 0.3 is 0 Å². The van der Waals surface area contributed by atoms with Gasteiger partial charge in [-0.3, -0.25) is 5.10 Å². The maximum atomic E-state index is 12.3. The lowest BCUT2D eigenvalue weighted by Crippen LogP contribution is -2.39. The third kappa shape index (κ3) is 3.38. The first-order chi connectivity index (χ1) is 9.44. The third-order valence-electron chi connectivity index (χ3n) is 3.66. The topological polar surface area (TPSA) is 98.3 Å². The van der Waals surface area contributed by atoms with Crippen LogP contribution in [0.3, 0.4) is 0 Å². The molecule has 114 valence electrons. The highest BCUT2D eigenvalue weighted by atomic mass is 32.2. The Kier molecular flexibility index (Phi) is 4.79. The molecule has 20 heavy (non-hydrogen) atoms. The van der Waals surface area contributed by atoms with E-state index in [2.05, 4.69) is 19.8 Å². The highest BCUT2D eigenvalue weighted by molar-refractivity contribution is 7.89. The molecule has 0 aliphatic carbocycles. The molecule has 1 aromatic heterocycles. The molecule has 0 aromatic carbocycles. The maximum Gasteiger partial charge on any atom is 0.244 e. The van der Waals surface area contributed by atoms with Gasteiger partial charge in [-0.2, -0.15) is 5.10 Å². The molecule has 1 aromatic rings. The Bertz CT molecular complexity index is 555. The molecule has 2 rings (SSSR count). The van der Waals surface area contributed by atoms with Crippen molar-refractivity contribution in [1.82, 2.24) is 19.8 Å². The zero-order chi connectivity index (χ0) is 14.8. The summed E-state index contributed by atoms with van der Waals surface area (Å²) >= 11 is 0. The summed E-state index contributed by atoms with van der Waals surface area (Å²) in [5, 5.41) is 15.6. The fraction of sp³-hybridized carbons (Fsp3) is 0.750. The number of likely N-dealkylation sites (tertiary alicyclic amines) is 1. The zero-order valence-electron chi connectivity index (χ0n) is 11.9. The van der Waals surface area contributed by atoms with Gasteiger partial charge in [0.1, 0.15) is 10.6 Å². The van der Waals surface area contributed by atoms with Crippen LogP contribution in [0.5, 0.6) is 0 Å². The summed E-state index contributed by atoms with van der Waals surface area (Å²) in [7, 11) is -1.58. The molecule has 1 fully saturated rings. The smallest absolute Gasteiger partial charge is 0.244 e. The Balaban J connectivity index is 2.05. The minimum atomic E-state index is -3.63. The molecule has 7 nitrogen and oxygen atoms in total. The van der Waals surface area contributed by atoms with Crippen molar-refractivity contribution >= 4 is 10.0 Å². The predicted molar refractivity (Wildman–Crippen MR) is 74.7 cm³/mol. The van der Waals surface area contributed by atoms with Gasteiger partial charge in [0.2, 0.25) is 10.0 Å². The number of aryl methyl sites for hydroxylation is 1. The third-order valence-corrected chi connectivity index (χ3v) is 5.29. The van der Waals surface area contributed by atoms with Crippen LogP contribution >= 0.6 is 0 Å². The first-order valence-electron chi connectivity index (χ1n) is 6.77. The molecule has 0 radical (unpaired) electrons. The van der Waals surface area contributed by atoms with E-state index in [0.717, 1.165) is 25.9 Å². The average molecular weight is 302 g/mol. The summed E-state index contributed by atoms with van der Waals surface area (Å²) in [6.07, 6.45) is 2.12. The number of H-pyrrole nitrogens is 1. The Morgan fingerprint density at radius 1 is 1.55 bits per heavy atom. The molecule has 1 aliphatic heterocycles. The van der Waals surface area contributed by atoms with Crippen molar-refractivity contribution in [3.63, 3.8) is 0 Å². The first-order valence-corrected chi connectivity index (χ1v) is 8.25. The minimum Gasteiger partial charge on any atom is -0.390 e. The van der Waals surface area contributed by atoms with Crippen molar-refractivity contribution in [3.8, 4) is 0 Å². The Morgan fingerprint density at radius 2 is 2.30 bits per heavy atom. The van der Waals surface area contributed by atoms with Gasteiger partial charge in [0, 0.05) is 13.1 Å². The highest BCUT2D eigenvalue weighted by Gasteiger charge is 2.25. The van der Waals surface area contributed by atoms with Crippen molar-refractivity contribution in [2.24, 2.45) is 5.92 Å². The van der Waals surface area contributed by atoms with E-state index in [1.165, 1.54) is 0 Å². The van der Waals surface area contributed by atoms with Crippen molar-refractivity contribution in [2.45, 2.75) is 31.3 Å². The quantitative estimate of drug-likeness (QED) is 0.701. The average Bonchev–Trinajstić information content (AvgIpc) is 2.78. The van der Waals surface area contributed by atoms with Gasteiger partial charge in [0.25, 0.3) is 0 Å². The summed E-state index contributed by atoms with van der Waals surface area (Å²) in [4.78, 5) is 2.29. The molecule has 0 spiro atoms. The lowest BCUT2D eigenvalue weighted by atomic mass is 9.99. The van der Waals surface area contributed by atoms with Gasteiger partial charge in [-0.05, 0) is 39.3 Å². The molecule has 3 N–H and O–H groups in total. The largest absolute Gasteiger partial charge is 0.390 e. The van der Waals surface area contributed by atoms with E-state index >= 15 is 0 Å². The van der Waals surface area contributed by atoms with E-state index < -0.39 is 16.6 Å². The van der Waals surface area contributed by atoms with E-state index in [-0.39, 0.29) is 10.6 Å². The molecule has 0 amide bonds. The van der Waals surface area contributed by atoms with Crippen LogP contribution in [0, 0.1) is 12.8 Å². The Hall–Kier alpha value is -0.960. The number of piperidine rings is 1. The lowest BCUT2D eigenvalue weighted by molar-refractivity contribution is 0.211. The number of hydrogen-bond acceptors (Lipinski definition) is 5. The molecule has 1 aliphatic rings. The van der Waals surface area contributed by atoms with Crippen LogP contribution in [-0.4, -0.2) is 55.3 Å². The minimum absolute atomic E-state index is 0.0733. The fourth-order valence-electron chi connectivity index (χ4n) is 2.67. The number of aromatic amines is 1. The molecular formula is C12H22N4O3S. The maximum absolute atomic E-state index is 12.3. The van der Waals surface area contributed by atoms with Crippen molar-refractivity contribution in [3.05, 3.63) is 11.4 Å². The Morgan fingerprint density at radius 3 is 2.95 bits per heavy atom. The number of aliphatic hydroxyl groups is 1. The van der Waals surface area contributed by atoms with Crippen LogP contribution in [0.2, 0.25) is 0 Å². The van der Waals surface area contributed by atoms with Gasteiger partial charge < -0.3 is 10.0 Å². The van der Waals surface area contributed by atoms with Gasteiger partial charge in [-0.1, -0.05) is 0 Å². The van der Waals surface area contributed by atoms with E-state index in [0.29, 0.717) is 18.2 Å². The van der Waals surface area contributed by atoms with Crippen molar-refractivity contribution < 1.29 is 13.5 Å². The first kappa shape index (κ1) is 15.4. The number of nitrogens with zero attached hydrogens (tertiary/aromatic N) is 2. The molecule has 0 bridgehead atoms. The number of aromatic nitrogens is 2. The zero-order valence-corrected chi connectivity index (χ0v) is 12.7. The van der Waals surface area contributed by atoms with Crippen LogP contribution in [0.4, 0.5) is 0 Å². The summed E-state index contributed by atoms with van der Waals surface area (Å²) in [5.74, 6) is 0.327. The van der Waals surface area contributed by atoms with Gasteiger partial charge in [0.05, 0.1) is 12.3 Å². The molecule has 0 saturated carbocycles. The molecular weight excluding hydrogens is 280 g/mol. The van der Waals surface area contributed by atoms with E-state index in [4.69, 9.17) is 5.11 Å². The predicted octanol–water partition coefficient (Wildman–Crippen LogP) is -0.169.